The van der Waals surface area contributed by atoms with Crippen LogP contribution >= 0.6 is 0 Å². The molecule has 0 aromatic carbocycles. The Morgan fingerprint density at radius 2 is 2.36 bits per heavy atom. The van der Waals surface area contributed by atoms with Crippen molar-refractivity contribution >= 4 is 0 Å². The van der Waals surface area contributed by atoms with Gasteiger partial charge in [-0.3, -0.25) is 0 Å². The second-order valence-electron chi connectivity index (χ2n) is 3.17. The first-order valence-electron chi connectivity index (χ1n) is 4.11. The summed E-state index contributed by atoms with van der Waals surface area (Å²) in [5.74, 6) is 0. The van der Waals surface area contributed by atoms with E-state index in [-0.39, 0.29) is 6.23 Å². The minimum Gasteiger partial charge on any atom is -0.363 e. The van der Waals surface area contributed by atoms with Crippen LogP contribution in [0.25, 0.3) is 0 Å². The molecule has 2 nitrogen and oxygen atoms in total. The average molecular weight is 151 g/mol. The van der Waals surface area contributed by atoms with Gasteiger partial charge in [0.15, 0.2) is 0 Å². The van der Waals surface area contributed by atoms with Crippen molar-refractivity contribution < 1.29 is 4.74 Å². The van der Waals surface area contributed by atoms with Gasteiger partial charge in [-0.2, -0.15) is 0 Å². The third-order valence-electron chi connectivity index (χ3n) is 1.88. The summed E-state index contributed by atoms with van der Waals surface area (Å²) in [4.78, 5) is 0. The molecule has 11 heavy (non-hydrogen) atoms. The fraction of sp³-hybridized carbons (Fsp3) is 0.556. The first kappa shape index (κ1) is 6.92. The van der Waals surface area contributed by atoms with Crippen molar-refractivity contribution in [3.63, 3.8) is 0 Å². The second kappa shape index (κ2) is 2.70. The molecule has 1 heterocycles. The lowest BCUT2D eigenvalue weighted by atomic mass is 10.2. The van der Waals surface area contributed by atoms with Gasteiger partial charge in [0, 0.05) is 0 Å². The van der Waals surface area contributed by atoms with Crippen LogP contribution in [0.5, 0.6) is 0 Å². The largest absolute Gasteiger partial charge is 0.363 e. The molecule has 2 heteroatoms. The Hall–Kier alpha value is -0.760. The molecule has 1 aliphatic carbocycles. The summed E-state index contributed by atoms with van der Waals surface area (Å²) in [6.45, 7) is 2.08. The predicted octanol–water partition coefficient (Wildman–Crippen LogP) is 1.55. The topological polar surface area (TPSA) is 21.3 Å². The molecule has 0 spiro atoms. The van der Waals surface area contributed by atoms with Gasteiger partial charge in [0.05, 0.1) is 6.10 Å². The highest BCUT2D eigenvalue weighted by Crippen LogP contribution is 2.25. The van der Waals surface area contributed by atoms with E-state index in [1.54, 1.807) is 0 Å². The number of hydrogen-bond acceptors (Lipinski definition) is 2. The molecule has 60 valence electrons. The lowest BCUT2D eigenvalue weighted by Gasteiger charge is -2.17. The van der Waals surface area contributed by atoms with E-state index in [9.17, 15) is 0 Å². The van der Waals surface area contributed by atoms with Crippen molar-refractivity contribution in [2.45, 2.75) is 32.1 Å². The van der Waals surface area contributed by atoms with E-state index in [0.29, 0.717) is 6.10 Å². The van der Waals surface area contributed by atoms with Crippen molar-refractivity contribution in [1.82, 2.24) is 5.32 Å². The van der Waals surface area contributed by atoms with Crippen LogP contribution in [0.4, 0.5) is 0 Å². The van der Waals surface area contributed by atoms with Crippen LogP contribution in [-0.4, -0.2) is 12.3 Å². The maximum atomic E-state index is 5.63. The molecule has 1 saturated carbocycles. The fourth-order valence-corrected chi connectivity index (χ4v) is 1.11. The predicted molar refractivity (Wildman–Crippen MR) is 43.9 cm³/mol. The van der Waals surface area contributed by atoms with Gasteiger partial charge in [0.1, 0.15) is 6.23 Å². The van der Waals surface area contributed by atoms with E-state index in [0.717, 1.165) is 0 Å². The maximum absolute atomic E-state index is 5.63. The highest BCUT2D eigenvalue weighted by atomic mass is 16.5. The molecule has 1 N–H and O–H groups in total. The zero-order chi connectivity index (χ0) is 7.68. The highest BCUT2D eigenvalue weighted by molar-refractivity contribution is 5.21. The van der Waals surface area contributed by atoms with Gasteiger partial charge in [0.25, 0.3) is 0 Å². The smallest absolute Gasteiger partial charge is 0.147 e. The van der Waals surface area contributed by atoms with Crippen LogP contribution in [0.1, 0.15) is 19.8 Å². The molecule has 0 amide bonds. The van der Waals surface area contributed by atoms with Crippen molar-refractivity contribution in [3.05, 3.63) is 23.9 Å². The first-order chi connectivity index (χ1) is 5.34. The molecule has 1 fully saturated rings. The molecule has 0 bridgehead atoms. The molecule has 2 rings (SSSR count). The van der Waals surface area contributed by atoms with Gasteiger partial charge in [-0.25, -0.2) is 0 Å². The standard InChI is InChI=1S/C9H13NO/c1-7-4-5-10-9(6-7)11-8-2-3-8/h4-6,8-10H,2-3H2,1H3. The monoisotopic (exact) mass is 151 g/mol. The quantitative estimate of drug-likeness (QED) is 0.646. The number of allylic oxidation sites excluding steroid dienone is 2. The summed E-state index contributed by atoms with van der Waals surface area (Å²) < 4.78 is 5.63. The van der Waals surface area contributed by atoms with Gasteiger partial charge < -0.3 is 10.1 Å². The van der Waals surface area contributed by atoms with E-state index in [4.69, 9.17) is 4.74 Å². The summed E-state index contributed by atoms with van der Waals surface area (Å²) in [6.07, 6.45) is 9.20. The molecule has 1 atom stereocenters. The van der Waals surface area contributed by atoms with Crippen LogP contribution in [0.3, 0.4) is 0 Å². The zero-order valence-corrected chi connectivity index (χ0v) is 6.71. The van der Waals surface area contributed by atoms with Crippen molar-refractivity contribution in [3.8, 4) is 0 Å². The molecule has 0 aromatic rings. The Morgan fingerprint density at radius 1 is 1.55 bits per heavy atom. The summed E-state index contributed by atoms with van der Waals surface area (Å²) >= 11 is 0. The van der Waals surface area contributed by atoms with Crippen LogP contribution < -0.4 is 5.32 Å². The summed E-state index contributed by atoms with van der Waals surface area (Å²) in [5.41, 5.74) is 1.27. The number of rotatable bonds is 2. The van der Waals surface area contributed by atoms with Crippen LogP contribution in [0.15, 0.2) is 23.9 Å². The van der Waals surface area contributed by atoms with Crippen molar-refractivity contribution in [2.24, 2.45) is 0 Å². The molecule has 0 aromatic heterocycles. The molecule has 1 unspecified atom stereocenters. The first-order valence-corrected chi connectivity index (χ1v) is 4.11. The van der Waals surface area contributed by atoms with E-state index in [1.807, 2.05) is 12.3 Å². The summed E-state index contributed by atoms with van der Waals surface area (Å²) in [5, 5.41) is 3.14. The van der Waals surface area contributed by atoms with Gasteiger partial charge >= 0.3 is 0 Å². The Balaban J connectivity index is 1.89. The Morgan fingerprint density at radius 3 is 3.00 bits per heavy atom. The highest BCUT2D eigenvalue weighted by Gasteiger charge is 2.25. The van der Waals surface area contributed by atoms with E-state index >= 15 is 0 Å². The molecule has 2 aliphatic rings. The second-order valence-corrected chi connectivity index (χ2v) is 3.17. The van der Waals surface area contributed by atoms with Crippen LogP contribution in [0.2, 0.25) is 0 Å². The normalized spacial score (nSPS) is 29.5. The van der Waals surface area contributed by atoms with Gasteiger partial charge in [0.2, 0.25) is 0 Å². The summed E-state index contributed by atoms with van der Waals surface area (Å²) in [7, 11) is 0. The average Bonchev–Trinajstić information content (AvgIpc) is 2.71. The number of nitrogens with one attached hydrogen (secondary N) is 1. The van der Waals surface area contributed by atoms with Crippen LogP contribution in [0, 0.1) is 0 Å². The minimum absolute atomic E-state index is 0.118. The number of dihydropyridines is 1. The molecular formula is C9H13NO. The molecule has 0 radical (unpaired) electrons. The van der Waals surface area contributed by atoms with Crippen LogP contribution in [-0.2, 0) is 4.74 Å². The van der Waals surface area contributed by atoms with E-state index in [2.05, 4.69) is 18.3 Å². The van der Waals surface area contributed by atoms with Gasteiger partial charge in [-0.05, 0) is 43.7 Å². The fourth-order valence-electron chi connectivity index (χ4n) is 1.11. The Labute approximate surface area is 66.9 Å². The zero-order valence-electron chi connectivity index (χ0n) is 6.71. The lowest BCUT2D eigenvalue weighted by Crippen LogP contribution is -2.28. The van der Waals surface area contributed by atoms with E-state index < -0.39 is 0 Å². The van der Waals surface area contributed by atoms with Crippen molar-refractivity contribution in [1.29, 1.82) is 0 Å². The third kappa shape index (κ3) is 1.84. The molecular weight excluding hydrogens is 138 g/mol. The Bertz CT molecular complexity index is 204. The third-order valence-corrected chi connectivity index (χ3v) is 1.88. The SMILES string of the molecule is CC1=CC(OC2CC2)NC=C1. The van der Waals surface area contributed by atoms with Gasteiger partial charge in [-0.1, -0.05) is 0 Å². The lowest BCUT2D eigenvalue weighted by molar-refractivity contribution is 0.0569. The van der Waals surface area contributed by atoms with Gasteiger partial charge in [-0.15, -0.1) is 0 Å². The summed E-state index contributed by atoms with van der Waals surface area (Å²) in [6, 6.07) is 0. The number of hydrogen-bond donors (Lipinski definition) is 1. The molecule has 1 aliphatic heterocycles. The number of ether oxygens (including phenoxy) is 1. The molecule has 0 saturated heterocycles. The minimum atomic E-state index is 0.118. The van der Waals surface area contributed by atoms with E-state index in [1.165, 1.54) is 18.4 Å². The Kier molecular flexibility index (Phi) is 1.70. The van der Waals surface area contributed by atoms with Crippen molar-refractivity contribution in [2.75, 3.05) is 0 Å². The maximum Gasteiger partial charge on any atom is 0.147 e.